The molecule has 4 heterocycles. The van der Waals surface area contributed by atoms with E-state index in [1.54, 1.807) is 12.4 Å². The summed E-state index contributed by atoms with van der Waals surface area (Å²) in [5.41, 5.74) is 29.8. The number of halogens is 2. The Bertz CT molecular complexity index is 1510. The van der Waals surface area contributed by atoms with Crippen molar-refractivity contribution in [1.82, 2.24) is 19.9 Å². The molecule has 0 saturated carbocycles. The summed E-state index contributed by atoms with van der Waals surface area (Å²) in [6, 6.07) is 13.0. The van der Waals surface area contributed by atoms with E-state index in [0.29, 0.717) is 11.6 Å². The molecule has 14 nitrogen and oxygen atoms in total. The highest BCUT2D eigenvalue weighted by atomic mass is 79.9. The average molecular weight is 802 g/mol. The average Bonchev–Trinajstić information content (AvgIpc) is 3.01. The number of nitrogens with two attached hydrogens (primary N) is 4. The van der Waals surface area contributed by atoms with Gasteiger partial charge in [-0.1, -0.05) is 45.4 Å². The van der Waals surface area contributed by atoms with Crippen LogP contribution in [0.1, 0.15) is 18.6 Å². The first-order chi connectivity index (χ1) is 22.8. The Morgan fingerprint density at radius 2 is 0.918 bits per heavy atom. The number of aromatic nitrogens is 4. The Hall–Kier alpha value is -4.06. The van der Waals surface area contributed by atoms with Crippen LogP contribution in [-0.2, 0) is 0 Å². The maximum Gasteiger partial charge on any atom is 0.448 e. The molecule has 6 rings (SSSR count). The van der Waals surface area contributed by atoms with Crippen LogP contribution in [0.4, 0.5) is 46.3 Å². The molecule has 17 heteroatoms. The van der Waals surface area contributed by atoms with Crippen molar-refractivity contribution in [3.63, 3.8) is 0 Å². The van der Waals surface area contributed by atoms with Crippen molar-refractivity contribution in [3.05, 3.63) is 68.9 Å². The molecule has 0 atom stereocenters. The molecule has 0 amide bonds. The van der Waals surface area contributed by atoms with Crippen molar-refractivity contribution in [2.24, 2.45) is 0 Å². The van der Waals surface area contributed by atoms with Crippen LogP contribution in [0.15, 0.2) is 57.7 Å². The zero-order valence-corrected chi connectivity index (χ0v) is 30.6. The van der Waals surface area contributed by atoms with Crippen LogP contribution in [0.5, 0.6) is 0 Å². The minimum Gasteiger partial charge on any atom is -0.427 e. The van der Waals surface area contributed by atoms with Gasteiger partial charge in [-0.2, -0.15) is 9.97 Å². The minimum atomic E-state index is -1.17. The van der Waals surface area contributed by atoms with E-state index in [0.717, 1.165) is 72.7 Å². The molecular formula is C32H47BBr2N12O2. The van der Waals surface area contributed by atoms with Crippen LogP contribution in [0.25, 0.3) is 0 Å². The molecule has 0 spiro atoms. The maximum absolute atomic E-state index is 7.61. The third-order valence-corrected chi connectivity index (χ3v) is 8.57. The third kappa shape index (κ3) is 11.5. The number of benzene rings is 2. The molecule has 0 bridgehead atoms. The van der Waals surface area contributed by atoms with Gasteiger partial charge in [0.1, 0.15) is 0 Å². The highest BCUT2D eigenvalue weighted by molar-refractivity contribution is 9.11. The van der Waals surface area contributed by atoms with Gasteiger partial charge in [-0.25, -0.2) is 9.97 Å². The summed E-state index contributed by atoms with van der Waals surface area (Å²) in [7, 11) is -1.17. The van der Waals surface area contributed by atoms with Crippen LogP contribution in [0.3, 0.4) is 0 Å². The molecule has 10 N–H and O–H groups in total. The lowest BCUT2D eigenvalue weighted by atomic mass is 9.99. The fraction of sp³-hybridized carbons (Fsp3) is 0.375. The van der Waals surface area contributed by atoms with E-state index in [1.807, 2.05) is 6.07 Å². The van der Waals surface area contributed by atoms with Gasteiger partial charge in [-0.3, -0.25) is 0 Å². The van der Waals surface area contributed by atoms with E-state index < -0.39 is 7.12 Å². The molecule has 2 aromatic carbocycles. The zero-order chi connectivity index (χ0) is 35.0. The molecule has 2 aliphatic heterocycles. The number of hydrogen-bond acceptors (Lipinski definition) is 14. The van der Waals surface area contributed by atoms with E-state index in [9.17, 15) is 0 Å². The Morgan fingerprint density at radius 1 is 0.592 bits per heavy atom. The van der Waals surface area contributed by atoms with Crippen LogP contribution in [-0.4, -0.2) is 89.5 Å². The number of hydrogen-bond donors (Lipinski definition) is 6. The number of aryl methyl sites for hydroxylation is 2. The molecule has 2 saturated heterocycles. The first kappa shape index (κ1) is 39.4. The van der Waals surface area contributed by atoms with Crippen molar-refractivity contribution in [3.8, 4) is 0 Å². The normalized spacial score (nSPS) is 14.2. The van der Waals surface area contributed by atoms with Gasteiger partial charge in [-0.05, 0) is 62.1 Å². The molecule has 0 aliphatic carbocycles. The van der Waals surface area contributed by atoms with E-state index in [1.165, 1.54) is 29.3 Å². The first-order valence-corrected chi connectivity index (χ1v) is 17.0. The summed E-state index contributed by atoms with van der Waals surface area (Å²) >= 11 is 7.06. The Morgan fingerprint density at radius 3 is 1.27 bits per heavy atom. The van der Waals surface area contributed by atoms with Gasteiger partial charge < -0.3 is 52.6 Å². The number of nitrogens with zero attached hydrogens (tertiary/aromatic N) is 8. The molecule has 49 heavy (non-hydrogen) atoms. The summed E-state index contributed by atoms with van der Waals surface area (Å²) in [4.78, 5) is 25.3. The van der Waals surface area contributed by atoms with E-state index in [4.69, 9.17) is 33.0 Å². The van der Waals surface area contributed by atoms with E-state index in [-0.39, 0.29) is 19.3 Å². The standard InChI is InChI=1S/C16H22N6.C14H16Br2N6.CH5BO2.CH4/c1-11-7-12(2)9-13(8-11)21-3-5-22(6-4-21)14-10-19-16(18)20-15(14)17;15-9-5-10(16)7-11(6-9)21-1-3-22(4-2-21)12-8-19-14(18)20-13(12)17;1-2(3)4;/h7-10H,3-6H2,1-2H3,(H4,17,18,19,20);5-8H,1-4H2,(H4,17,18,19,20);3-4H,1H3;1H4. The van der Waals surface area contributed by atoms with Crippen LogP contribution in [0.2, 0.25) is 6.82 Å². The lowest BCUT2D eigenvalue weighted by Crippen LogP contribution is -2.46. The number of anilines is 8. The second-order valence-electron chi connectivity index (χ2n) is 11.6. The largest absolute Gasteiger partial charge is 0.448 e. The van der Waals surface area contributed by atoms with E-state index in [2.05, 4.69) is 116 Å². The van der Waals surface area contributed by atoms with Crippen LogP contribution >= 0.6 is 31.9 Å². The SMILES string of the molecule is C.CB(O)O.Cc1cc(C)cc(N2CCN(c3cnc(N)nc3N)CC2)c1.Nc1ncc(N2CCN(c3cc(Br)cc(Br)c3)CC2)c(N)n1. The number of rotatable bonds is 4. The van der Waals surface area contributed by atoms with Gasteiger partial charge in [-0.15, -0.1) is 0 Å². The predicted molar refractivity (Wildman–Crippen MR) is 211 cm³/mol. The zero-order valence-electron chi connectivity index (χ0n) is 27.4. The quantitative estimate of drug-likeness (QED) is 0.162. The second-order valence-corrected chi connectivity index (χ2v) is 13.4. The summed E-state index contributed by atoms with van der Waals surface area (Å²) in [6.07, 6.45) is 3.41. The minimum absolute atomic E-state index is 0. The lowest BCUT2D eigenvalue weighted by Gasteiger charge is -2.37. The monoisotopic (exact) mass is 800 g/mol. The van der Waals surface area contributed by atoms with Crippen molar-refractivity contribution < 1.29 is 10.0 Å². The maximum atomic E-state index is 7.61. The fourth-order valence-electron chi connectivity index (χ4n) is 5.56. The van der Waals surface area contributed by atoms with Gasteiger partial charge in [0.2, 0.25) is 11.9 Å². The van der Waals surface area contributed by atoms with Gasteiger partial charge in [0, 0.05) is 72.7 Å². The third-order valence-electron chi connectivity index (χ3n) is 7.66. The molecular weight excluding hydrogens is 755 g/mol. The molecule has 2 aliphatic rings. The van der Waals surface area contributed by atoms with Crippen molar-refractivity contribution in [2.45, 2.75) is 28.1 Å². The topological polar surface area (TPSA) is 209 Å². The Labute approximate surface area is 305 Å². The predicted octanol–water partition coefficient (Wildman–Crippen LogP) is 3.80. The molecule has 2 aromatic heterocycles. The molecule has 2 fully saturated rings. The van der Waals surface area contributed by atoms with Gasteiger partial charge in [0.25, 0.3) is 0 Å². The van der Waals surface area contributed by atoms with Gasteiger partial charge in [0.15, 0.2) is 11.6 Å². The molecule has 4 aromatic rings. The summed E-state index contributed by atoms with van der Waals surface area (Å²) < 4.78 is 2.13. The van der Waals surface area contributed by atoms with Gasteiger partial charge >= 0.3 is 7.12 Å². The van der Waals surface area contributed by atoms with Crippen molar-refractivity contribution >= 4 is 85.3 Å². The lowest BCUT2D eigenvalue weighted by molar-refractivity contribution is 0.417. The highest BCUT2D eigenvalue weighted by Crippen LogP contribution is 2.29. The van der Waals surface area contributed by atoms with Crippen LogP contribution < -0.4 is 42.5 Å². The number of piperazine rings is 2. The highest BCUT2D eigenvalue weighted by Gasteiger charge is 2.22. The summed E-state index contributed by atoms with van der Waals surface area (Å²) in [6.45, 7) is 12.8. The molecule has 264 valence electrons. The van der Waals surface area contributed by atoms with Crippen molar-refractivity contribution in [2.75, 3.05) is 94.9 Å². The molecule has 0 radical (unpaired) electrons. The van der Waals surface area contributed by atoms with Gasteiger partial charge in [0.05, 0.1) is 23.8 Å². The Balaban J connectivity index is 0.000000235. The Kier molecular flexibility index (Phi) is 14.5. The van der Waals surface area contributed by atoms with Crippen LogP contribution in [0, 0.1) is 13.8 Å². The second kappa shape index (κ2) is 18.1. The van der Waals surface area contributed by atoms with E-state index >= 15 is 0 Å². The first-order valence-electron chi connectivity index (χ1n) is 15.5. The molecule has 0 unspecified atom stereocenters. The van der Waals surface area contributed by atoms with Crippen molar-refractivity contribution in [1.29, 1.82) is 0 Å². The fourth-order valence-corrected chi connectivity index (χ4v) is 6.83. The number of nitrogen functional groups attached to an aromatic ring is 4. The summed E-state index contributed by atoms with van der Waals surface area (Å²) in [5, 5.41) is 15.2. The summed E-state index contributed by atoms with van der Waals surface area (Å²) in [5.74, 6) is 1.31. The smallest absolute Gasteiger partial charge is 0.427 e.